The SMILES string of the molecule is CCOc1cc(N2CCOC(C)(C)C2)ccc1NC(=O)N1CC2(CCOC2)C1. The van der Waals surface area contributed by atoms with Gasteiger partial charge in [0.05, 0.1) is 31.1 Å². The molecule has 3 fully saturated rings. The number of carbonyl (C=O) groups is 1. The fraction of sp³-hybridized carbons (Fsp3) is 0.667. The summed E-state index contributed by atoms with van der Waals surface area (Å²) in [6, 6.07) is 5.93. The zero-order chi connectivity index (χ0) is 19.8. The molecule has 1 spiro atoms. The maximum atomic E-state index is 12.7. The highest BCUT2D eigenvalue weighted by atomic mass is 16.5. The highest BCUT2D eigenvalue weighted by Crippen LogP contribution is 2.39. The molecule has 0 aliphatic carbocycles. The predicted molar refractivity (Wildman–Crippen MR) is 108 cm³/mol. The van der Waals surface area contributed by atoms with E-state index in [4.69, 9.17) is 14.2 Å². The summed E-state index contributed by atoms with van der Waals surface area (Å²) in [5, 5.41) is 3.03. The Bertz CT molecular complexity index is 722. The number of likely N-dealkylation sites (tertiary alicyclic amines) is 1. The van der Waals surface area contributed by atoms with Crippen molar-refractivity contribution in [3.8, 4) is 5.75 Å². The Labute approximate surface area is 166 Å². The van der Waals surface area contributed by atoms with Crippen LogP contribution in [0.3, 0.4) is 0 Å². The lowest BCUT2D eigenvalue weighted by atomic mass is 9.79. The van der Waals surface area contributed by atoms with Crippen LogP contribution in [0.2, 0.25) is 0 Å². The molecule has 1 N–H and O–H groups in total. The van der Waals surface area contributed by atoms with Gasteiger partial charge in [0.15, 0.2) is 0 Å². The molecule has 3 saturated heterocycles. The Hall–Kier alpha value is -1.99. The summed E-state index contributed by atoms with van der Waals surface area (Å²) in [5.41, 5.74) is 1.82. The lowest BCUT2D eigenvalue weighted by Gasteiger charge is -2.46. The molecule has 1 aromatic carbocycles. The van der Waals surface area contributed by atoms with Crippen molar-refractivity contribution >= 4 is 17.4 Å². The number of hydrogen-bond acceptors (Lipinski definition) is 5. The molecule has 3 aliphatic rings. The van der Waals surface area contributed by atoms with Gasteiger partial charge in [-0.05, 0) is 39.3 Å². The lowest BCUT2D eigenvalue weighted by Crippen LogP contribution is -2.59. The third kappa shape index (κ3) is 3.91. The van der Waals surface area contributed by atoms with Gasteiger partial charge in [-0.1, -0.05) is 0 Å². The molecule has 154 valence electrons. The molecule has 0 saturated carbocycles. The van der Waals surface area contributed by atoms with Crippen LogP contribution in [0.25, 0.3) is 0 Å². The van der Waals surface area contributed by atoms with E-state index in [0.717, 1.165) is 51.5 Å². The van der Waals surface area contributed by atoms with Crippen molar-refractivity contribution in [1.29, 1.82) is 0 Å². The van der Waals surface area contributed by atoms with Crippen LogP contribution < -0.4 is 15.0 Å². The van der Waals surface area contributed by atoms with Crippen LogP contribution in [0.4, 0.5) is 16.2 Å². The molecule has 1 aromatic rings. The smallest absolute Gasteiger partial charge is 0.321 e. The first-order chi connectivity index (χ1) is 13.4. The summed E-state index contributed by atoms with van der Waals surface area (Å²) in [7, 11) is 0. The first-order valence-electron chi connectivity index (χ1n) is 10.2. The first kappa shape index (κ1) is 19.3. The average molecular weight is 389 g/mol. The summed E-state index contributed by atoms with van der Waals surface area (Å²) >= 11 is 0. The van der Waals surface area contributed by atoms with Crippen LogP contribution in [0.1, 0.15) is 27.2 Å². The number of amides is 2. The minimum absolute atomic E-state index is 0.0706. The van der Waals surface area contributed by atoms with Gasteiger partial charge in [0, 0.05) is 50.0 Å². The largest absolute Gasteiger partial charge is 0.492 e. The van der Waals surface area contributed by atoms with Gasteiger partial charge >= 0.3 is 6.03 Å². The summed E-state index contributed by atoms with van der Waals surface area (Å²) in [4.78, 5) is 16.8. The fourth-order valence-corrected chi connectivity index (χ4v) is 4.32. The molecule has 2 amide bonds. The normalized spacial score (nSPS) is 22.8. The topological polar surface area (TPSA) is 63.3 Å². The van der Waals surface area contributed by atoms with Gasteiger partial charge in [-0.25, -0.2) is 4.79 Å². The van der Waals surface area contributed by atoms with E-state index in [9.17, 15) is 4.79 Å². The molecule has 0 unspecified atom stereocenters. The standard InChI is InChI=1S/C21H31N3O4/c1-4-27-18-11-16(23-8-10-28-20(2,3)12-23)5-6-17(18)22-19(25)24-13-21(14-24)7-9-26-15-21/h5-6,11H,4,7-10,12-15H2,1-3H3,(H,22,25). The monoisotopic (exact) mass is 389 g/mol. The summed E-state index contributed by atoms with van der Waals surface area (Å²) in [5.74, 6) is 0.706. The Morgan fingerprint density at radius 3 is 2.75 bits per heavy atom. The summed E-state index contributed by atoms with van der Waals surface area (Å²) in [6.45, 7) is 12.2. The van der Waals surface area contributed by atoms with Crippen molar-refractivity contribution in [2.24, 2.45) is 5.41 Å². The van der Waals surface area contributed by atoms with Gasteiger partial charge in [-0.3, -0.25) is 0 Å². The molecule has 28 heavy (non-hydrogen) atoms. The van der Waals surface area contributed by atoms with Crippen molar-refractivity contribution in [2.75, 3.05) is 62.8 Å². The predicted octanol–water partition coefficient (Wildman–Crippen LogP) is 2.95. The lowest BCUT2D eigenvalue weighted by molar-refractivity contribution is -0.0277. The van der Waals surface area contributed by atoms with Crippen LogP contribution in [-0.2, 0) is 9.47 Å². The number of rotatable bonds is 4. The molecular formula is C21H31N3O4. The Balaban J connectivity index is 1.44. The minimum atomic E-state index is -0.172. The number of urea groups is 1. The number of nitrogens with one attached hydrogen (secondary N) is 1. The molecule has 3 heterocycles. The van der Waals surface area contributed by atoms with Crippen molar-refractivity contribution in [3.63, 3.8) is 0 Å². The number of carbonyl (C=O) groups excluding carboxylic acids is 1. The van der Waals surface area contributed by atoms with Crippen molar-refractivity contribution in [1.82, 2.24) is 4.90 Å². The average Bonchev–Trinajstić information content (AvgIpc) is 3.11. The number of hydrogen-bond donors (Lipinski definition) is 1. The van der Waals surface area contributed by atoms with Crippen molar-refractivity contribution < 1.29 is 19.0 Å². The zero-order valence-electron chi connectivity index (χ0n) is 17.1. The summed E-state index contributed by atoms with van der Waals surface area (Å²) < 4.78 is 17.1. The third-order valence-corrected chi connectivity index (χ3v) is 5.82. The van der Waals surface area contributed by atoms with Crippen LogP contribution in [-0.4, -0.2) is 69.1 Å². The second-order valence-electron chi connectivity index (χ2n) is 8.73. The van der Waals surface area contributed by atoms with E-state index in [1.165, 1.54) is 0 Å². The van der Waals surface area contributed by atoms with Crippen molar-refractivity contribution in [2.45, 2.75) is 32.8 Å². The van der Waals surface area contributed by atoms with E-state index >= 15 is 0 Å². The van der Waals surface area contributed by atoms with Gasteiger partial charge in [0.2, 0.25) is 0 Å². The van der Waals surface area contributed by atoms with Gasteiger partial charge in [-0.15, -0.1) is 0 Å². The van der Waals surface area contributed by atoms with E-state index in [1.807, 2.05) is 30.0 Å². The van der Waals surface area contributed by atoms with Gasteiger partial charge in [0.25, 0.3) is 0 Å². The Morgan fingerprint density at radius 1 is 1.25 bits per heavy atom. The molecule has 7 nitrogen and oxygen atoms in total. The molecule has 0 bridgehead atoms. The second kappa shape index (κ2) is 7.44. The molecule has 0 radical (unpaired) electrons. The van der Waals surface area contributed by atoms with Gasteiger partial charge in [0.1, 0.15) is 5.75 Å². The fourth-order valence-electron chi connectivity index (χ4n) is 4.32. The third-order valence-electron chi connectivity index (χ3n) is 5.82. The highest BCUT2D eigenvalue weighted by Gasteiger charge is 2.47. The van der Waals surface area contributed by atoms with Gasteiger partial charge < -0.3 is 29.3 Å². The van der Waals surface area contributed by atoms with Crippen LogP contribution in [0, 0.1) is 5.41 Å². The number of benzene rings is 1. The van der Waals surface area contributed by atoms with Crippen LogP contribution >= 0.6 is 0 Å². The van der Waals surface area contributed by atoms with E-state index in [-0.39, 0.29) is 17.0 Å². The van der Waals surface area contributed by atoms with E-state index in [1.54, 1.807) is 0 Å². The first-order valence-corrected chi connectivity index (χ1v) is 10.2. The maximum Gasteiger partial charge on any atom is 0.321 e. The Kier molecular flexibility index (Phi) is 5.14. The number of nitrogens with zero attached hydrogens (tertiary/aromatic N) is 2. The minimum Gasteiger partial charge on any atom is -0.492 e. The molecule has 3 aliphatic heterocycles. The molecular weight excluding hydrogens is 358 g/mol. The highest BCUT2D eigenvalue weighted by molar-refractivity contribution is 5.92. The summed E-state index contributed by atoms with van der Waals surface area (Å²) in [6.07, 6.45) is 1.05. The molecule has 0 atom stereocenters. The van der Waals surface area contributed by atoms with E-state index < -0.39 is 0 Å². The molecule has 0 aromatic heterocycles. The molecule has 4 rings (SSSR count). The van der Waals surface area contributed by atoms with Crippen molar-refractivity contribution in [3.05, 3.63) is 18.2 Å². The van der Waals surface area contributed by atoms with Crippen LogP contribution in [0.15, 0.2) is 18.2 Å². The second-order valence-corrected chi connectivity index (χ2v) is 8.73. The number of anilines is 2. The number of ether oxygens (including phenoxy) is 3. The quantitative estimate of drug-likeness (QED) is 0.858. The van der Waals surface area contributed by atoms with Crippen LogP contribution in [0.5, 0.6) is 5.75 Å². The number of morpholine rings is 1. The Morgan fingerprint density at radius 2 is 2.07 bits per heavy atom. The van der Waals surface area contributed by atoms with Gasteiger partial charge in [-0.2, -0.15) is 0 Å². The maximum absolute atomic E-state index is 12.7. The molecule has 7 heteroatoms. The zero-order valence-corrected chi connectivity index (χ0v) is 17.1. The van der Waals surface area contributed by atoms with E-state index in [2.05, 4.69) is 24.1 Å². The van der Waals surface area contributed by atoms with E-state index in [0.29, 0.717) is 24.7 Å².